The van der Waals surface area contributed by atoms with Crippen molar-refractivity contribution in [3.05, 3.63) is 102 Å². The molecule has 4 heteroatoms. The largest absolute Gasteiger partial charge is 0.489 e. The molecule has 138 valence electrons. The first-order valence-corrected chi connectivity index (χ1v) is 8.92. The third-order valence-electron chi connectivity index (χ3n) is 4.13. The minimum atomic E-state index is -0.710. The molecule has 0 unspecified atom stereocenters. The van der Waals surface area contributed by atoms with E-state index in [1.165, 1.54) is 0 Å². The van der Waals surface area contributed by atoms with Gasteiger partial charge in [0.25, 0.3) is 0 Å². The zero-order chi connectivity index (χ0) is 18.9. The Bertz CT molecular complexity index is 850. The zero-order valence-electron chi connectivity index (χ0n) is 15.1. The van der Waals surface area contributed by atoms with E-state index >= 15 is 0 Å². The van der Waals surface area contributed by atoms with Crippen LogP contribution >= 0.6 is 0 Å². The molecule has 3 aromatic carbocycles. The Hall–Kier alpha value is -3.11. The van der Waals surface area contributed by atoms with Crippen LogP contribution in [0.1, 0.15) is 16.7 Å². The minimum Gasteiger partial charge on any atom is -0.489 e. The molecule has 3 aromatic rings. The highest BCUT2D eigenvalue weighted by Crippen LogP contribution is 2.16. The van der Waals surface area contributed by atoms with E-state index in [4.69, 9.17) is 15.2 Å². The SMILES string of the molecule is N[C@@H](Cc1cccc(OCc2ccccc2)c1)C(=O)OCc1ccccc1. The molecule has 3 rings (SSSR count). The number of ether oxygens (including phenoxy) is 2. The molecule has 0 aliphatic heterocycles. The average Bonchev–Trinajstić information content (AvgIpc) is 2.72. The van der Waals surface area contributed by atoms with Crippen molar-refractivity contribution < 1.29 is 14.3 Å². The smallest absolute Gasteiger partial charge is 0.323 e. The van der Waals surface area contributed by atoms with Gasteiger partial charge >= 0.3 is 5.97 Å². The number of esters is 1. The number of benzene rings is 3. The molecule has 0 fully saturated rings. The molecule has 0 saturated heterocycles. The number of carbonyl (C=O) groups is 1. The van der Waals surface area contributed by atoms with E-state index in [1.54, 1.807) is 0 Å². The van der Waals surface area contributed by atoms with E-state index in [0.29, 0.717) is 13.0 Å². The van der Waals surface area contributed by atoms with Gasteiger partial charge in [-0.2, -0.15) is 0 Å². The van der Waals surface area contributed by atoms with E-state index in [-0.39, 0.29) is 6.61 Å². The van der Waals surface area contributed by atoms with Crippen LogP contribution < -0.4 is 10.5 Å². The third-order valence-corrected chi connectivity index (χ3v) is 4.13. The van der Waals surface area contributed by atoms with Crippen LogP contribution in [-0.2, 0) is 29.2 Å². The highest BCUT2D eigenvalue weighted by molar-refractivity contribution is 5.75. The molecule has 4 nitrogen and oxygen atoms in total. The summed E-state index contributed by atoms with van der Waals surface area (Å²) in [7, 11) is 0. The first-order valence-electron chi connectivity index (χ1n) is 8.92. The van der Waals surface area contributed by atoms with Crippen LogP contribution in [0.4, 0.5) is 0 Å². The van der Waals surface area contributed by atoms with Crippen molar-refractivity contribution in [2.24, 2.45) is 5.73 Å². The predicted molar refractivity (Wildman–Crippen MR) is 105 cm³/mol. The van der Waals surface area contributed by atoms with Crippen LogP contribution in [0.15, 0.2) is 84.9 Å². The molecule has 0 amide bonds. The zero-order valence-corrected chi connectivity index (χ0v) is 15.1. The van der Waals surface area contributed by atoms with Crippen molar-refractivity contribution in [3.8, 4) is 5.75 Å². The van der Waals surface area contributed by atoms with E-state index in [9.17, 15) is 4.79 Å². The summed E-state index contributed by atoms with van der Waals surface area (Å²) in [6.45, 7) is 0.725. The Morgan fingerprint density at radius 1 is 0.778 bits per heavy atom. The predicted octanol–water partition coefficient (Wildman–Crippen LogP) is 3.88. The highest BCUT2D eigenvalue weighted by Gasteiger charge is 2.16. The summed E-state index contributed by atoms with van der Waals surface area (Å²) in [5.74, 6) is 0.343. The standard InChI is InChI=1S/C23H23NO3/c24-22(23(25)27-17-19-10-5-2-6-11-19)15-20-12-7-13-21(14-20)26-16-18-8-3-1-4-9-18/h1-14,22H,15-17,24H2/t22-/m0/s1. The second-order valence-electron chi connectivity index (χ2n) is 6.33. The van der Waals surface area contributed by atoms with Gasteiger partial charge in [0.15, 0.2) is 0 Å². The molecule has 0 saturated carbocycles. The number of hydrogen-bond acceptors (Lipinski definition) is 4. The van der Waals surface area contributed by atoms with Gasteiger partial charge in [0.1, 0.15) is 25.0 Å². The average molecular weight is 361 g/mol. The molecule has 0 bridgehead atoms. The minimum absolute atomic E-state index is 0.230. The molecule has 0 aliphatic rings. The van der Waals surface area contributed by atoms with Gasteiger partial charge in [-0.1, -0.05) is 72.8 Å². The summed E-state index contributed by atoms with van der Waals surface area (Å²) >= 11 is 0. The van der Waals surface area contributed by atoms with Crippen molar-refractivity contribution in [1.29, 1.82) is 0 Å². The second-order valence-corrected chi connectivity index (χ2v) is 6.33. The Morgan fingerprint density at radius 3 is 2.04 bits per heavy atom. The van der Waals surface area contributed by atoms with Crippen LogP contribution in [0.3, 0.4) is 0 Å². The molecule has 0 aliphatic carbocycles. The molecule has 1 atom stereocenters. The Morgan fingerprint density at radius 2 is 1.37 bits per heavy atom. The second kappa shape index (κ2) is 9.55. The topological polar surface area (TPSA) is 61.5 Å². The number of rotatable bonds is 8. The van der Waals surface area contributed by atoms with E-state index in [0.717, 1.165) is 22.4 Å². The van der Waals surface area contributed by atoms with E-state index in [1.807, 2.05) is 84.9 Å². The fourth-order valence-corrected chi connectivity index (χ4v) is 2.68. The maximum Gasteiger partial charge on any atom is 0.323 e. The summed E-state index contributed by atoms with van der Waals surface area (Å²) in [4.78, 5) is 12.1. The summed E-state index contributed by atoms with van der Waals surface area (Å²) in [6, 6.07) is 26.4. The molecular weight excluding hydrogens is 338 g/mol. The van der Waals surface area contributed by atoms with Gasteiger partial charge in [-0.05, 0) is 35.2 Å². The number of hydrogen-bond donors (Lipinski definition) is 1. The van der Waals surface area contributed by atoms with Gasteiger partial charge in [0.05, 0.1) is 0 Å². The fourth-order valence-electron chi connectivity index (χ4n) is 2.68. The summed E-state index contributed by atoms with van der Waals surface area (Å²) < 4.78 is 11.1. The molecule has 2 N–H and O–H groups in total. The van der Waals surface area contributed by atoms with Crippen LogP contribution in [0.25, 0.3) is 0 Å². The van der Waals surface area contributed by atoms with Gasteiger partial charge in [0.2, 0.25) is 0 Å². The van der Waals surface area contributed by atoms with Gasteiger partial charge < -0.3 is 15.2 Å². The number of carbonyl (C=O) groups excluding carboxylic acids is 1. The first kappa shape index (κ1) is 18.7. The molecule has 0 heterocycles. The van der Waals surface area contributed by atoms with E-state index in [2.05, 4.69) is 0 Å². The van der Waals surface area contributed by atoms with Gasteiger partial charge in [-0.3, -0.25) is 4.79 Å². The summed E-state index contributed by atoms with van der Waals surface area (Å²) in [5.41, 5.74) is 8.99. The Balaban J connectivity index is 1.51. The quantitative estimate of drug-likeness (QED) is 0.619. The van der Waals surface area contributed by atoms with Crippen molar-refractivity contribution in [2.45, 2.75) is 25.7 Å². The monoisotopic (exact) mass is 361 g/mol. The molecule has 0 aromatic heterocycles. The highest BCUT2D eigenvalue weighted by atomic mass is 16.5. The lowest BCUT2D eigenvalue weighted by Crippen LogP contribution is -2.34. The van der Waals surface area contributed by atoms with Gasteiger partial charge in [-0.25, -0.2) is 0 Å². The molecular formula is C23H23NO3. The Labute approximate surface area is 159 Å². The van der Waals surface area contributed by atoms with Crippen molar-refractivity contribution >= 4 is 5.97 Å². The normalized spacial score (nSPS) is 11.6. The molecule has 0 spiro atoms. The van der Waals surface area contributed by atoms with Crippen LogP contribution in [-0.4, -0.2) is 12.0 Å². The van der Waals surface area contributed by atoms with Crippen LogP contribution in [0, 0.1) is 0 Å². The van der Waals surface area contributed by atoms with Crippen molar-refractivity contribution in [1.82, 2.24) is 0 Å². The molecule has 0 radical (unpaired) electrons. The van der Waals surface area contributed by atoms with E-state index < -0.39 is 12.0 Å². The first-order chi connectivity index (χ1) is 13.2. The lowest BCUT2D eigenvalue weighted by molar-refractivity contribution is -0.146. The molecule has 27 heavy (non-hydrogen) atoms. The fraction of sp³-hybridized carbons (Fsp3) is 0.174. The lowest BCUT2D eigenvalue weighted by atomic mass is 10.1. The van der Waals surface area contributed by atoms with Crippen molar-refractivity contribution in [3.63, 3.8) is 0 Å². The third kappa shape index (κ3) is 5.97. The van der Waals surface area contributed by atoms with Crippen LogP contribution in [0.5, 0.6) is 5.75 Å². The number of nitrogens with two attached hydrogens (primary N) is 1. The van der Waals surface area contributed by atoms with Crippen LogP contribution in [0.2, 0.25) is 0 Å². The Kier molecular flexibility index (Phi) is 6.61. The lowest BCUT2D eigenvalue weighted by Gasteiger charge is -2.13. The van der Waals surface area contributed by atoms with Gasteiger partial charge in [-0.15, -0.1) is 0 Å². The maximum atomic E-state index is 12.1. The summed E-state index contributed by atoms with van der Waals surface area (Å²) in [6.07, 6.45) is 0.399. The van der Waals surface area contributed by atoms with Crippen molar-refractivity contribution in [2.75, 3.05) is 0 Å². The summed E-state index contributed by atoms with van der Waals surface area (Å²) in [5, 5.41) is 0. The van der Waals surface area contributed by atoms with Gasteiger partial charge in [0, 0.05) is 0 Å². The maximum absolute atomic E-state index is 12.1.